The second-order valence-electron chi connectivity index (χ2n) is 10.3. The van der Waals surface area contributed by atoms with Crippen molar-refractivity contribution in [2.24, 2.45) is 0 Å². The van der Waals surface area contributed by atoms with Crippen LogP contribution < -0.4 is 20.4 Å². The first kappa shape index (κ1) is 27.1. The van der Waals surface area contributed by atoms with Gasteiger partial charge in [0.15, 0.2) is 0 Å². The van der Waals surface area contributed by atoms with Gasteiger partial charge in [0.25, 0.3) is 11.8 Å². The van der Waals surface area contributed by atoms with Gasteiger partial charge in [-0.2, -0.15) is 0 Å². The summed E-state index contributed by atoms with van der Waals surface area (Å²) >= 11 is 0. The molecular formula is C33H34N4O3. The van der Waals surface area contributed by atoms with Gasteiger partial charge in [0.2, 0.25) is 5.91 Å². The van der Waals surface area contributed by atoms with Gasteiger partial charge in [-0.25, -0.2) is 0 Å². The van der Waals surface area contributed by atoms with Crippen LogP contribution in [0.2, 0.25) is 0 Å². The first-order valence-electron chi connectivity index (χ1n) is 13.5. The largest absolute Gasteiger partial charge is 0.341 e. The van der Waals surface area contributed by atoms with Crippen molar-refractivity contribution < 1.29 is 14.4 Å². The summed E-state index contributed by atoms with van der Waals surface area (Å²) in [5.74, 6) is -0.809. The van der Waals surface area contributed by atoms with Crippen LogP contribution in [0.3, 0.4) is 0 Å². The van der Waals surface area contributed by atoms with Crippen LogP contribution in [0, 0.1) is 13.8 Å². The van der Waals surface area contributed by atoms with Crippen molar-refractivity contribution in [1.82, 2.24) is 10.6 Å². The molecule has 0 aromatic heterocycles. The fraction of sp³-hybridized carbons (Fsp3) is 0.242. The van der Waals surface area contributed by atoms with Gasteiger partial charge < -0.3 is 20.4 Å². The maximum atomic E-state index is 14.3. The lowest BCUT2D eigenvalue weighted by molar-refractivity contribution is -0.128. The Morgan fingerprint density at radius 3 is 2.30 bits per heavy atom. The Hall–Kier alpha value is -4.49. The minimum atomic E-state index is -0.944. The van der Waals surface area contributed by atoms with Gasteiger partial charge >= 0.3 is 0 Å². The van der Waals surface area contributed by atoms with Gasteiger partial charge in [-0.15, -0.1) is 0 Å². The van der Waals surface area contributed by atoms with E-state index in [1.807, 2.05) is 62.4 Å². The average molecular weight is 535 g/mol. The summed E-state index contributed by atoms with van der Waals surface area (Å²) in [4.78, 5) is 44.6. The summed E-state index contributed by atoms with van der Waals surface area (Å²) in [5.41, 5.74) is 4.89. The molecule has 0 saturated carbocycles. The summed E-state index contributed by atoms with van der Waals surface area (Å²) < 4.78 is 0. The highest BCUT2D eigenvalue weighted by molar-refractivity contribution is 6.13. The molecule has 4 aromatic carbocycles. The van der Waals surface area contributed by atoms with Crippen LogP contribution in [-0.2, 0) is 16.1 Å². The standard InChI is InChI=1S/C33H34N4O3/c1-21-13-16-25(17-14-21)32(39)37-20-28(35-31(38)23(3)34-4)33(40)36(29-11-7-8-12-30(29)37)19-27-22(2)15-18-24-9-5-6-10-26(24)27/h5-18,23,28,34H,19-20H2,1-4H3,(H,35,38). The number of nitrogens with one attached hydrogen (secondary N) is 2. The maximum absolute atomic E-state index is 14.3. The van der Waals surface area contributed by atoms with Crippen LogP contribution in [0.1, 0.15) is 34.0 Å². The summed E-state index contributed by atoms with van der Waals surface area (Å²) in [6.07, 6.45) is 0. The third kappa shape index (κ3) is 5.20. The SMILES string of the molecule is CNC(C)C(=O)NC1CN(C(=O)c2ccc(C)cc2)c2ccccc2N(Cc2c(C)ccc3ccccc23)C1=O. The van der Waals surface area contributed by atoms with E-state index in [0.717, 1.165) is 27.5 Å². The van der Waals surface area contributed by atoms with Gasteiger partial charge in [0.1, 0.15) is 6.04 Å². The molecule has 204 valence electrons. The molecule has 0 radical (unpaired) electrons. The predicted molar refractivity (Wildman–Crippen MR) is 160 cm³/mol. The van der Waals surface area contributed by atoms with Gasteiger partial charge in [-0.3, -0.25) is 14.4 Å². The molecule has 2 N–H and O–H groups in total. The number of rotatable bonds is 6. The highest BCUT2D eigenvalue weighted by Crippen LogP contribution is 2.36. The van der Waals surface area contributed by atoms with E-state index in [1.165, 1.54) is 0 Å². The molecule has 0 saturated heterocycles. The fourth-order valence-electron chi connectivity index (χ4n) is 5.14. The number of hydrogen-bond acceptors (Lipinski definition) is 4. The molecule has 0 spiro atoms. The number of para-hydroxylation sites is 2. The third-order valence-corrected chi connectivity index (χ3v) is 7.67. The molecule has 7 heteroatoms. The van der Waals surface area contributed by atoms with Crippen LogP contribution in [0.15, 0.2) is 84.9 Å². The highest BCUT2D eigenvalue weighted by Gasteiger charge is 2.37. The number of carbonyl (C=O) groups is 3. The number of aryl methyl sites for hydroxylation is 2. The van der Waals surface area contributed by atoms with Crippen molar-refractivity contribution in [3.63, 3.8) is 0 Å². The average Bonchev–Trinajstić information content (AvgIpc) is 3.08. The molecule has 4 aromatic rings. The lowest BCUT2D eigenvalue weighted by Gasteiger charge is -2.27. The minimum absolute atomic E-state index is 0.00967. The molecule has 3 amide bonds. The fourth-order valence-corrected chi connectivity index (χ4v) is 5.14. The van der Waals surface area contributed by atoms with Crippen molar-refractivity contribution in [2.45, 2.75) is 39.4 Å². The van der Waals surface area contributed by atoms with E-state index >= 15 is 0 Å². The summed E-state index contributed by atoms with van der Waals surface area (Å²) in [6, 6.07) is 25.6. The van der Waals surface area contributed by atoms with Crippen molar-refractivity contribution in [3.8, 4) is 0 Å². The molecule has 2 atom stereocenters. The number of anilines is 2. The molecule has 2 unspecified atom stereocenters. The molecule has 40 heavy (non-hydrogen) atoms. The number of hydrogen-bond donors (Lipinski definition) is 2. The van der Waals surface area contributed by atoms with E-state index in [4.69, 9.17) is 0 Å². The Kier molecular flexibility index (Phi) is 7.67. The first-order chi connectivity index (χ1) is 19.3. The lowest BCUT2D eigenvalue weighted by atomic mass is 9.99. The van der Waals surface area contributed by atoms with E-state index in [9.17, 15) is 14.4 Å². The van der Waals surface area contributed by atoms with E-state index in [2.05, 4.69) is 34.9 Å². The van der Waals surface area contributed by atoms with Gasteiger partial charge in [0, 0.05) is 5.56 Å². The van der Waals surface area contributed by atoms with E-state index < -0.39 is 12.1 Å². The zero-order chi connectivity index (χ0) is 28.4. The number of amides is 3. The zero-order valence-corrected chi connectivity index (χ0v) is 23.3. The molecule has 0 aliphatic carbocycles. The maximum Gasteiger partial charge on any atom is 0.258 e. The molecule has 1 aliphatic rings. The minimum Gasteiger partial charge on any atom is -0.341 e. The Balaban J connectivity index is 1.63. The van der Waals surface area contributed by atoms with E-state index in [1.54, 1.807) is 35.9 Å². The first-order valence-corrected chi connectivity index (χ1v) is 13.5. The third-order valence-electron chi connectivity index (χ3n) is 7.67. The molecule has 0 bridgehead atoms. The second-order valence-corrected chi connectivity index (χ2v) is 10.3. The van der Waals surface area contributed by atoms with Crippen molar-refractivity contribution in [2.75, 3.05) is 23.4 Å². The molecule has 1 aliphatic heterocycles. The number of benzene rings is 4. The Morgan fingerprint density at radius 2 is 1.57 bits per heavy atom. The quantitative estimate of drug-likeness (QED) is 0.374. The number of likely N-dealkylation sites (N-methyl/N-ethyl adjacent to an activating group) is 1. The zero-order valence-electron chi connectivity index (χ0n) is 23.3. The van der Waals surface area contributed by atoms with E-state index in [0.29, 0.717) is 23.5 Å². The van der Waals surface area contributed by atoms with Gasteiger partial charge in [-0.1, -0.05) is 66.2 Å². The van der Waals surface area contributed by atoms with E-state index in [-0.39, 0.29) is 24.3 Å². The smallest absolute Gasteiger partial charge is 0.258 e. The topological polar surface area (TPSA) is 81.8 Å². The predicted octanol–water partition coefficient (Wildman–Crippen LogP) is 4.74. The van der Waals surface area contributed by atoms with Crippen molar-refractivity contribution in [3.05, 3.63) is 107 Å². The van der Waals surface area contributed by atoms with Crippen LogP contribution in [0.25, 0.3) is 10.8 Å². The van der Waals surface area contributed by atoms with Gasteiger partial charge in [0.05, 0.1) is 30.5 Å². The second kappa shape index (κ2) is 11.3. The van der Waals surface area contributed by atoms with Crippen molar-refractivity contribution >= 4 is 39.9 Å². The number of nitrogens with zero attached hydrogens (tertiary/aromatic N) is 2. The summed E-state index contributed by atoms with van der Waals surface area (Å²) in [7, 11) is 1.69. The highest BCUT2D eigenvalue weighted by atomic mass is 16.2. The van der Waals surface area contributed by atoms with Crippen LogP contribution in [-0.4, -0.2) is 43.4 Å². The van der Waals surface area contributed by atoms with Crippen LogP contribution >= 0.6 is 0 Å². The summed E-state index contributed by atoms with van der Waals surface area (Å²) in [6.45, 7) is 6.05. The number of fused-ring (bicyclic) bond motifs is 2. The Labute approximate surface area is 234 Å². The summed E-state index contributed by atoms with van der Waals surface area (Å²) in [5, 5.41) is 8.00. The Morgan fingerprint density at radius 1 is 0.900 bits per heavy atom. The number of carbonyl (C=O) groups excluding carboxylic acids is 3. The molecule has 7 nitrogen and oxygen atoms in total. The van der Waals surface area contributed by atoms with Gasteiger partial charge in [-0.05, 0) is 74.0 Å². The normalized spacial score (nSPS) is 15.9. The lowest BCUT2D eigenvalue weighted by Crippen LogP contribution is -2.55. The monoisotopic (exact) mass is 534 g/mol. The van der Waals surface area contributed by atoms with Crippen molar-refractivity contribution in [1.29, 1.82) is 0 Å². The molecule has 0 fully saturated rings. The molecule has 1 heterocycles. The molecular weight excluding hydrogens is 500 g/mol. The van der Waals surface area contributed by atoms with Crippen LogP contribution in [0.4, 0.5) is 11.4 Å². The Bertz CT molecular complexity index is 1580. The van der Waals surface area contributed by atoms with Crippen LogP contribution in [0.5, 0.6) is 0 Å². The molecule has 5 rings (SSSR count).